The number of ether oxygens (including phenoxy) is 1. The van der Waals surface area contributed by atoms with E-state index < -0.39 is 15.9 Å². The Labute approximate surface area is 167 Å². The summed E-state index contributed by atoms with van der Waals surface area (Å²) in [5.74, 6) is 0.243. The Kier molecular flexibility index (Phi) is 7.87. The highest BCUT2D eigenvalue weighted by molar-refractivity contribution is 7.92. The Morgan fingerprint density at radius 1 is 1.04 bits per heavy atom. The molecule has 1 N–H and O–H groups in total. The van der Waals surface area contributed by atoms with Crippen LogP contribution >= 0.6 is 0 Å². The number of carbonyl (C=O) groups is 1. The summed E-state index contributed by atoms with van der Waals surface area (Å²) in [6, 6.07) is 14.3. The molecule has 28 heavy (non-hydrogen) atoms. The molecule has 0 fully saturated rings. The number of hydrogen-bond donors (Lipinski definition) is 1. The van der Waals surface area contributed by atoms with Gasteiger partial charge in [0, 0.05) is 5.69 Å². The molecule has 0 saturated carbocycles. The van der Waals surface area contributed by atoms with Crippen molar-refractivity contribution in [1.82, 2.24) is 0 Å². The normalized spacial score (nSPS) is 11.1. The molecule has 0 spiro atoms. The second-order valence-electron chi connectivity index (χ2n) is 6.55. The smallest absolute Gasteiger partial charge is 0.245 e. The van der Waals surface area contributed by atoms with E-state index in [1.807, 2.05) is 31.2 Å². The van der Waals surface area contributed by atoms with Crippen LogP contribution in [0.2, 0.25) is 0 Å². The minimum atomic E-state index is -3.62. The monoisotopic (exact) mass is 404 g/mol. The Morgan fingerprint density at radius 2 is 1.68 bits per heavy atom. The summed E-state index contributed by atoms with van der Waals surface area (Å²) in [4.78, 5) is 12.4. The van der Waals surface area contributed by atoms with Crippen LogP contribution in [0.15, 0.2) is 48.5 Å². The van der Waals surface area contributed by atoms with Crippen LogP contribution in [0.5, 0.6) is 5.75 Å². The highest BCUT2D eigenvalue weighted by Gasteiger charge is 2.21. The van der Waals surface area contributed by atoms with E-state index in [1.54, 1.807) is 24.3 Å². The fourth-order valence-electron chi connectivity index (χ4n) is 2.74. The van der Waals surface area contributed by atoms with Crippen molar-refractivity contribution in [3.8, 4) is 5.75 Å². The van der Waals surface area contributed by atoms with Gasteiger partial charge in [0.2, 0.25) is 15.9 Å². The molecular formula is C21H28N2O4S. The van der Waals surface area contributed by atoms with Gasteiger partial charge in [0.15, 0.2) is 0 Å². The van der Waals surface area contributed by atoms with Gasteiger partial charge in [-0.2, -0.15) is 0 Å². The molecule has 0 unspecified atom stereocenters. The van der Waals surface area contributed by atoms with E-state index in [9.17, 15) is 13.2 Å². The third-order valence-corrected chi connectivity index (χ3v) is 5.32. The van der Waals surface area contributed by atoms with Gasteiger partial charge in [-0.1, -0.05) is 25.5 Å². The van der Waals surface area contributed by atoms with Gasteiger partial charge >= 0.3 is 0 Å². The summed E-state index contributed by atoms with van der Waals surface area (Å²) in [7, 11) is -3.62. The summed E-state index contributed by atoms with van der Waals surface area (Å²) >= 11 is 0. The van der Waals surface area contributed by atoms with Crippen LogP contribution in [0.1, 0.15) is 32.3 Å². The molecule has 0 aliphatic rings. The zero-order valence-electron chi connectivity index (χ0n) is 16.6. The largest absolute Gasteiger partial charge is 0.494 e. The maximum absolute atomic E-state index is 12.4. The number of sulfonamides is 1. The van der Waals surface area contributed by atoms with Gasteiger partial charge in [0.1, 0.15) is 12.3 Å². The zero-order valence-corrected chi connectivity index (χ0v) is 17.5. The van der Waals surface area contributed by atoms with Crippen LogP contribution < -0.4 is 14.4 Å². The average molecular weight is 405 g/mol. The number of unbranched alkanes of at least 4 members (excludes halogenated alkanes) is 1. The number of aryl methyl sites for hydroxylation is 1. The molecule has 7 heteroatoms. The summed E-state index contributed by atoms with van der Waals surface area (Å²) in [5, 5.41) is 2.76. The average Bonchev–Trinajstić information content (AvgIpc) is 2.66. The maximum atomic E-state index is 12.4. The number of nitrogens with one attached hydrogen (secondary N) is 1. The second-order valence-corrected chi connectivity index (χ2v) is 8.45. The molecule has 2 rings (SSSR count). The van der Waals surface area contributed by atoms with E-state index in [1.165, 1.54) is 5.56 Å². The topological polar surface area (TPSA) is 75.7 Å². The Morgan fingerprint density at radius 3 is 2.21 bits per heavy atom. The molecule has 0 saturated heterocycles. The van der Waals surface area contributed by atoms with E-state index >= 15 is 0 Å². The van der Waals surface area contributed by atoms with Gasteiger partial charge in [0.25, 0.3) is 0 Å². The Hall–Kier alpha value is -2.54. The summed E-state index contributed by atoms with van der Waals surface area (Å²) < 4.78 is 30.8. The zero-order chi connectivity index (χ0) is 20.6. The van der Waals surface area contributed by atoms with Crippen molar-refractivity contribution < 1.29 is 17.9 Å². The van der Waals surface area contributed by atoms with Crippen molar-refractivity contribution in [2.24, 2.45) is 0 Å². The van der Waals surface area contributed by atoms with Crippen LogP contribution in [0.4, 0.5) is 11.4 Å². The fourth-order valence-corrected chi connectivity index (χ4v) is 3.60. The fraction of sp³-hybridized carbons (Fsp3) is 0.381. The highest BCUT2D eigenvalue weighted by Crippen LogP contribution is 2.22. The number of anilines is 2. The minimum absolute atomic E-state index is 0.301. The lowest BCUT2D eigenvalue weighted by molar-refractivity contribution is -0.114. The first-order valence-electron chi connectivity index (χ1n) is 9.42. The predicted octanol–water partition coefficient (Wildman–Crippen LogP) is 3.83. The molecule has 2 aromatic carbocycles. The molecule has 0 bridgehead atoms. The van der Waals surface area contributed by atoms with Gasteiger partial charge < -0.3 is 10.1 Å². The SMILES string of the molecule is CCCCc1ccc(NC(=O)CN(c2ccc(OCC)cc2)S(C)(=O)=O)cc1. The van der Waals surface area contributed by atoms with Crippen molar-refractivity contribution in [3.05, 3.63) is 54.1 Å². The van der Waals surface area contributed by atoms with E-state index in [-0.39, 0.29) is 6.54 Å². The molecule has 6 nitrogen and oxygen atoms in total. The number of benzene rings is 2. The van der Waals surface area contributed by atoms with E-state index in [0.717, 1.165) is 29.8 Å². The summed E-state index contributed by atoms with van der Waals surface area (Å²) in [5.41, 5.74) is 2.27. The van der Waals surface area contributed by atoms with Crippen molar-refractivity contribution >= 4 is 27.3 Å². The number of hydrogen-bond acceptors (Lipinski definition) is 4. The molecule has 2 aromatic rings. The predicted molar refractivity (Wildman–Crippen MR) is 113 cm³/mol. The first-order valence-corrected chi connectivity index (χ1v) is 11.3. The molecular weight excluding hydrogens is 376 g/mol. The van der Waals surface area contributed by atoms with Crippen molar-refractivity contribution in [2.45, 2.75) is 33.1 Å². The quantitative estimate of drug-likeness (QED) is 0.653. The van der Waals surface area contributed by atoms with Crippen LogP contribution in [-0.4, -0.2) is 33.7 Å². The maximum Gasteiger partial charge on any atom is 0.245 e. The third-order valence-electron chi connectivity index (χ3n) is 4.18. The molecule has 0 atom stereocenters. The lowest BCUT2D eigenvalue weighted by Gasteiger charge is -2.22. The molecule has 0 heterocycles. The Bertz CT molecular complexity index is 862. The van der Waals surface area contributed by atoms with Gasteiger partial charge in [0.05, 0.1) is 18.6 Å². The van der Waals surface area contributed by atoms with Crippen LogP contribution in [0, 0.1) is 0 Å². The van der Waals surface area contributed by atoms with Gasteiger partial charge in [-0.25, -0.2) is 8.42 Å². The second kappa shape index (κ2) is 10.1. The lowest BCUT2D eigenvalue weighted by atomic mass is 10.1. The number of amides is 1. The van der Waals surface area contributed by atoms with Gasteiger partial charge in [-0.15, -0.1) is 0 Å². The van der Waals surface area contributed by atoms with Crippen molar-refractivity contribution in [2.75, 3.05) is 29.0 Å². The minimum Gasteiger partial charge on any atom is -0.494 e. The van der Waals surface area contributed by atoms with Crippen molar-refractivity contribution in [3.63, 3.8) is 0 Å². The molecule has 152 valence electrons. The van der Waals surface area contributed by atoms with Crippen LogP contribution in [-0.2, 0) is 21.2 Å². The number of carbonyl (C=O) groups excluding carboxylic acids is 1. The van der Waals surface area contributed by atoms with Crippen molar-refractivity contribution in [1.29, 1.82) is 0 Å². The van der Waals surface area contributed by atoms with E-state index in [0.29, 0.717) is 23.7 Å². The Balaban J connectivity index is 2.06. The molecule has 0 radical (unpaired) electrons. The highest BCUT2D eigenvalue weighted by atomic mass is 32.2. The first-order chi connectivity index (χ1) is 13.3. The van der Waals surface area contributed by atoms with Gasteiger partial charge in [-0.3, -0.25) is 9.10 Å². The van der Waals surface area contributed by atoms with E-state index in [2.05, 4.69) is 12.2 Å². The number of rotatable bonds is 10. The standard InChI is InChI=1S/C21H28N2O4S/c1-4-6-7-17-8-10-18(11-9-17)22-21(24)16-23(28(3,25)26)19-12-14-20(15-13-19)27-5-2/h8-15H,4-7,16H2,1-3H3,(H,22,24). The lowest BCUT2D eigenvalue weighted by Crippen LogP contribution is -2.37. The molecule has 0 aliphatic heterocycles. The first kappa shape index (κ1) is 21.8. The molecule has 0 aliphatic carbocycles. The van der Waals surface area contributed by atoms with Crippen LogP contribution in [0.3, 0.4) is 0 Å². The molecule has 0 aromatic heterocycles. The van der Waals surface area contributed by atoms with Gasteiger partial charge in [-0.05, 0) is 61.7 Å². The van der Waals surface area contributed by atoms with Crippen LogP contribution in [0.25, 0.3) is 0 Å². The number of nitrogens with zero attached hydrogens (tertiary/aromatic N) is 1. The van der Waals surface area contributed by atoms with E-state index in [4.69, 9.17) is 4.74 Å². The summed E-state index contributed by atoms with van der Waals surface area (Å²) in [6.45, 7) is 4.24. The third kappa shape index (κ3) is 6.56. The summed E-state index contributed by atoms with van der Waals surface area (Å²) in [6.07, 6.45) is 4.34. The molecule has 1 amide bonds.